The third kappa shape index (κ3) is 2.69. The van der Waals surface area contributed by atoms with Gasteiger partial charge in [0.1, 0.15) is 0 Å². The van der Waals surface area contributed by atoms with E-state index in [1.807, 2.05) is 32.6 Å². The summed E-state index contributed by atoms with van der Waals surface area (Å²) >= 11 is 0. The number of carbonyl (C=O) groups is 2. The molecule has 2 aliphatic rings. The number of hydrogen-bond donors (Lipinski definition) is 1. The second-order valence-electron chi connectivity index (χ2n) is 7.80. The summed E-state index contributed by atoms with van der Waals surface area (Å²) < 4.78 is 0. The van der Waals surface area contributed by atoms with Gasteiger partial charge in [-0.15, -0.1) is 0 Å². The van der Waals surface area contributed by atoms with Crippen LogP contribution in [-0.4, -0.2) is 35.0 Å². The van der Waals surface area contributed by atoms with Crippen LogP contribution in [0.4, 0.5) is 0 Å². The molecule has 1 amide bonds. The third-order valence-electron chi connectivity index (χ3n) is 6.05. The first-order valence-corrected chi connectivity index (χ1v) is 8.24. The molecular formula is C17H29NO3. The predicted molar refractivity (Wildman–Crippen MR) is 81.8 cm³/mol. The zero-order valence-corrected chi connectivity index (χ0v) is 13.8. The monoisotopic (exact) mass is 295 g/mol. The molecule has 4 heteroatoms. The largest absolute Gasteiger partial charge is 0.481 e. The Labute approximate surface area is 127 Å². The minimum atomic E-state index is -0.762. The summed E-state index contributed by atoms with van der Waals surface area (Å²) in [7, 11) is 0. The van der Waals surface area contributed by atoms with Gasteiger partial charge < -0.3 is 10.0 Å². The van der Waals surface area contributed by atoms with E-state index in [2.05, 4.69) is 0 Å². The van der Waals surface area contributed by atoms with E-state index in [1.165, 1.54) is 12.8 Å². The average Bonchev–Trinajstić information content (AvgIpc) is 3.07. The van der Waals surface area contributed by atoms with Gasteiger partial charge >= 0.3 is 5.97 Å². The van der Waals surface area contributed by atoms with E-state index < -0.39 is 11.4 Å². The number of aliphatic carboxylic acids is 1. The van der Waals surface area contributed by atoms with Crippen molar-refractivity contribution >= 4 is 11.9 Å². The van der Waals surface area contributed by atoms with Crippen molar-refractivity contribution in [2.24, 2.45) is 22.7 Å². The highest BCUT2D eigenvalue weighted by atomic mass is 16.4. The Morgan fingerprint density at radius 1 is 1.24 bits per heavy atom. The summed E-state index contributed by atoms with van der Waals surface area (Å²) in [6.45, 7) is 8.94. The Morgan fingerprint density at radius 2 is 1.81 bits per heavy atom. The molecule has 0 bridgehead atoms. The molecule has 1 N–H and O–H groups in total. The topological polar surface area (TPSA) is 57.6 Å². The normalized spacial score (nSPS) is 27.6. The van der Waals surface area contributed by atoms with E-state index in [1.54, 1.807) is 0 Å². The lowest BCUT2D eigenvalue weighted by Crippen LogP contribution is -2.46. The molecule has 0 aromatic heterocycles. The van der Waals surface area contributed by atoms with Gasteiger partial charge in [-0.25, -0.2) is 0 Å². The van der Waals surface area contributed by atoms with Crippen LogP contribution in [-0.2, 0) is 9.59 Å². The first-order valence-electron chi connectivity index (χ1n) is 8.24. The van der Waals surface area contributed by atoms with Gasteiger partial charge in [0.15, 0.2) is 0 Å². The van der Waals surface area contributed by atoms with Crippen molar-refractivity contribution in [3.8, 4) is 0 Å². The summed E-state index contributed by atoms with van der Waals surface area (Å²) in [4.78, 5) is 26.4. The highest BCUT2D eigenvalue weighted by Crippen LogP contribution is 2.44. The fraction of sp³-hybridized carbons (Fsp3) is 0.882. The van der Waals surface area contributed by atoms with Crippen LogP contribution >= 0.6 is 0 Å². The van der Waals surface area contributed by atoms with Crippen molar-refractivity contribution in [1.29, 1.82) is 0 Å². The highest BCUT2D eigenvalue weighted by Gasteiger charge is 2.51. The van der Waals surface area contributed by atoms with Crippen molar-refractivity contribution in [1.82, 2.24) is 4.90 Å². The number of carboxylic acid groups (broad SMARTS) is 1. The maximum Gasteiger partial charge on any atom is 0.311 e. The molecule has 1 saturated heterocycles. The van der Waals surface area contributed by atoms with E-state index in [4.69, 9.17) is 0 Å². The Hall–Kier alpha value is -1.06. The van der Waals surface area contributed by atoms with E-state index in [0.717, 1.165) is 12.8 Å². The van der Waals surface area contributed by atoms with Crippen LogP contribution in [0.5, 0.6) is 0 Å². The molecule has 0 aromatic carbocycles. The molecule has 21 heavy (non-hydrogen) atoms. The summed E-state index contributed by atoms with van der Waals surface area (Å²) in [6, 6.07) is 0. The molecule has 4 nitrogen and oxygen atoms in total. The molecule has 120 valence electrons. The average molecular weight is 295 g/mol. The summed E-state index contributed by atoms with van der Waals surface area (Å²) in [5.74, 6) is -0.115. The standard InChI is InChI=1S/C17H29NO3/c1-12(2)17(15(20)21)9-10-18(11-17)14(19)16(3,4)13-7-5-6-8-13/h12-13H,5-11H2,1-4H3,(H,20,21). The number of nitrogens with zero attached hydrogens (tertiary/aromatic N) is 1. The zero-order chi connectivity index (χ0) is 15.8. The van der Waals surface area contributed by atoms with E-state index in [-0.39, 0.29) is 17.2 Å². The molecule has 1 aliphatic heterocycles. The van der Waals surface area contributed by atoms with Crippen LogP contribution in [0.2, 0.25) is 0 Å². The van der Waals surface area contributed by atoms with Crippen LogP contribution in [0, 0.1) is 22.7 Å². The van der Waals surface area contributed by atoms with Gasteiger partial charge in [-0.3, -0.25) is 9.59 Å². The van der Waals surface area contributed by atoms with Gasteiger partial charge in [-0.2, -0.15) is 0 Å². The van der Waals surface area contributed by atoms with Gasteiger partial charge in [0.05, 0.1) is 5.41 Å². The van der Waals surface area contributed by atoms with Gasteiger partial charge in [0.2, 0.25) is 5.91 Å². The summed E-state index contributed by atoms with van der Waals surface area (Å²) in [5.41, 5.74) is -1.12. The van der Waals surface area contributed by atoms with Gasteiger partial charge in [0.25, 0.3) is 0 Å². The number of amides is 1. The number of carbonyl (C=O) groups excluding carboxylic acids is 1. The van der Waals surface area contributed by atoms with Crippen molar-refractivity contribution in [2.45, 2.75) is 59.8 Å². The third-order valence-corrected chi connectivity index (χ3v) is 6.05. The van der Waals surface area contributed by atoms with E-state index in [9.17, 15) is 14.7 Å². The molecule has 1 atom stereocenters. The maximum absolute atomic E-state index is 12.9. The molecule has 1 saturated carbocycles. The minimum absolute atomic E-state index is 0.0439. The van der Waals surface area contributed by atoms with Crippen molar-refractivity contribution < 1.29 is 14.7 Å². The molecule has 1 heterocycles. The molecule has 0 aromatic rings. The van der Waals surface area contributed by atoms with Crippen molar-refractivity contribution in [3.63, 3.8) is 0 Å². The summed E-state index contributed by atoms with van der Waals surface area (Å²) in [6.07, 6.45) is 5.26. The molecule has 0 spiro atoms. The van der Waals surface area contributed by atoms with Crippen molar-refractivity contribution in [2.75, 3.05) is 13.1 Å². The maximum atomic E-state index is 12.9. The van der Waals surface area contributed by atoms with E-state index in [0.29, 0.717) is 25.4 Å². The van der Waals surface area contributed by atoms with Crippen LogP contribution in [0.15, 0.2) is 0 Å². The first kappa shape index (κ1) is 16.3. The Morgan fingerprint density at radius 3 is 2.24 bits per heavy atom. The number of likely N-dealkylation sites (tertiary alicyclic amines) is 1. The van der Waals surface area contributed by atoms with Gasteiger partial charge in [-0.1, -0.05) is 40.5 Å². The molecule has 1 aliphatic carbocycles. The Balaban J connectivity index is 2.13. The number of rotatable bonds is 4. The zero-order valence-electron chi connectivity index (χ0n) is 13.8. The number of carboxylic acids is 1. The highest BCUT2D eigenvalue weighted by molar-refractivity contribution is 5.84. The van der Waals surface area contributed by atoms with Gasteiger partial charge in [0, 0.05) is 18.5 Å². The molecule has 2 rings (SSSR count). The second-order valence-corrected chi connectivity index (χ2v) is 7.80. The Kier molecular flexibility index (Phi) is 4.36. The van der Waals surface area contributed by atoms with Crippen LogP contribution in [0.1, 0.15) is 59.8 Å². The minimum Gasteiger partial charge on any atom is -0.481 e. The van der Waals surface area contributed by atoms with Crippen LogP contribution < -0.4 is 0 Å². The lowest BCUT2D eigenvalue weighted by Gasteiger charge is -2.35. The molecule has 0 radical (unpaired) electrons. The van der Waals surface area contributed by atoms with Crippen LogP contribution in [0.3, 0.4) is 0 Å². The lowest BCUT2D eigenvalue weighted by atomic mass is 9.75. The fourth-order valence-corrected chi connectivity index (χ4v) is 4.13. The van der Waals surface area contributed by atoms with Gasteiger partial charge in [-0.05, 0) is 31.1 Å². The Bertz CT molecular complexity index is 424. The fourth-order valence-electron chi connectivity index (χ4n) is 4.13. The summed E-state index contributed by atoms with van der Waals surface area (Å²) in [5, 5.41) is 9.61. The first-order chi connectivity index (χ1) is 9.71. The SMILES string of the molecule is CC(C)C1(C(=O)O)CCN(C(=O)C(C)(C)C2CCCC2)C1. The predicted octanol–water partition coefficient (Wildman–Crippen LogP) is 3.16. The van der Waals surface area contributed by atoms with Crippen LogP contribution in [0.25, 0.3) is 0 Å². The lowest BCUT2D eigenvalue weighted by molar-refractivity contribution is -0.152. The molecule has 1 unspecified atom stereocenters. The van der Waals surface area contributed by atoms with E-state index >= 15 is 0 Å². The molecule has 2 fully saturated rings. The molecular weight excluding hydrogens is 266 g/mol. The second kappa shape index (κ2) is 5.62. The number of hydrogen-bond acceptors (Lipinski definition) is 2. The smallest absolute Gasteiger partial charge is 0.311 e. The van der Waals surface area contributed by atoms with Crippen molar-refractivity contribution in [3.05, 3.63) is 0 Å². The quantitative estimate of drug-likeness (QED) is 0.866.